The average Bonchev–Trinajstić information content (AvgIpc) is 2.31. The number of carbonyl (C=O) groups excluding carboxylic acids is 1. The number of nitrogens with zero attached hydrogens (tertiary/aromatic N) is 1. The SMILES string of the molecule is COCC(C)N(C(=O)C(C)Cl)c1ccccc1. The number of carbonyl (C=O) groups is 1. The van der Waals surface area contributed by atoms with Gasteiger partial charge in [-0.2, -0.15) is 0 Å². The molecule has 1 amide bonds. The smallest absolute Gasteiger partial charge is 0.245 e. The molecule has 1 rings (SSSR count). The summed E-state index contributed by atoms with van der Waals surface area (Å²) in [4.78, 5) is 13.8. The Hall–Kier alpha value is -1.06. The molecule has 0 spiro atoms. The Morgan fingerprint density at radius 3 is 2.41 bits per heavy atom. The zero-order valence-corrected chi connectivity index (χ0v) is 11.1. The summed E-state index contributed by atoms with van der Waals surface area (Å²) in [5.74, 6) is -0.109. The van der Waals surface area contributed by atoms with E-state index in [9.17, 15) is 4.79 Å². The summed E-state index contributed by atoms with van der Waals surface area (Å²) in [6.45, 7) is 4.09. The Balaban J connectivity index is 2.98. The van der Waals surface area contributed by atoms with Gasteiger partial charge in [-0.25, -0.2) is 0 Å². The normalized spacial score (nSPS) is 14.1. The first kappa shape index (κ1) is 14.0. The minimum absolute atomic E-state index is 0.0453. The number of ether oxygens (including phenoxy) is 1. The van der Waals surface area contributed by atoms with Crippen LogP contribution in [0, 0.1) is 0 Å². The van der Waals surface area contributed by atoms with Gasteiger partial charge in [0.1, 0.15) is 5.38 Å². The second-order valence-electron chi connectivity index (χ2n) is 3.96. The van der Waals surface area contributed by atoms with Crippen LogP contribution in [0.2, 0.25) is 0 Å². The van der Waals surface area contributed by atoms with Gasteiger partial charge < -0.3 is 9.64 Å². The second kappa shape index (κ2) is 6.62. The van der Waals surface area contributed by atoms with Crippen LogP contribution >= 0.6 is 11.6 Å². The van der Waals surface area contributed by atoms with E-state index in [0.717, 1.165) is 5.69 Å². The number of rotatable bonds is 5. The van der Waals surface area contributed by atoms with Crippen molar-refractivity contribution in [1.82, 2.24) is 0 Å². The molecule has 0 aliphatic rings. The van der Waals surface area contributed by atoms with Crippen LogP contribution in [-0.2, 0) is 9.53 Å². The van der Waals surface area contributed by atoms with Crippen molar-refractivity contribution in [2.24, 2.45) is 0 Å². The molecular formula is C13H18ClNO2. The van der Waals surface area contributed by atoms with Gasteiger partial charge in [0, 0.05) is 12.8 Å². The fraction of sp³-hybridized carbons (Fsp3) is 0.462. The first-order chi connectivity index (χ1) is 8.07. The first-order valence-corrected chi connectivity index (χ1v) is 6.02. The summed E-state index contributed by atoms with van der Waals surface area (Å²) < 4.78 is 5.10. The van der Waals surface area contributed by atoms with Gasteiger partial charge in [0.15, 0.2) is 0 Å². The van der Waals surface area contributed by atoms with E-state index < -0.39 is 5.38 Å². The molecule has 2 atom stereocenters. The highest BCUT2D eigenvalue weighted by atomic mass is 35.5. The summed E-state index contributed by atoms with van der Waals surface area (Å²) in [6, 6.07) is 9.45. The van der Waals surface area contributed by atoms with Crippen LogP contribution < -0.4 is 4.90 Å². The lowest BCUT2D eigenvalue weighted by molar-refractivity contribution is -0.118. The molecule has 0 bridgehead atoms. The Kier molecular flexibility index (Phi) is 5.45. The number of halogens is 1. The molecule has 0 N–H and O–H groups in total. The lowest BCUT2D eigenvalue weighted by Crippen LogP contribution is -2.44. The molecule has 3 nitrogen and oxygen atoms in total. The minimum atomic E-state index is -0.547. The van der Waals surface area contributed by atoms with Gasteiger partial charge in [0.05, 0.1) is 12.6 Å². The standard InChI is InChI=1S/C13H18ClNO2/c1-10(9-17-3)15(13(16)11(2)14)12-7-5-4-6-8-12/h4-8,10-11H,9H2,1-3H3. The van der Waals surface area contributed by atoms with Gasteiger partial charge in [-0.1, -0.05) is 18.2 Å². The third kappa shape index (κ3) is 3.72. The van der Waals surface area contributed by atoms with Gasteiger partial charge in [0.25, 0.3) is 0 Å². The fourth-order valence-corrected chi connectivity index (χ4v) is 1.80. The van der Waals surface area contributed by atoms with E-state index in [0.29, 0.717) is 6.61 Å². The van der Waals surface area contributed by atoms with Crippen molar-refractivity contribution in [3.05, 3.63) is 30.3 Å². The Labute approximate surface area is 107 Å². The van der Waals surface area contributed by atoms with Crippen molar-refractivity contribution in [3.63, 3.8) is 0 Å². The van der Waals surface area contributed by atoms with Crippen LogP contribution in [0.15, 0.2) is 30.3 Å². The van der Waals surface area contributed by atoms with Gasteiger partial charge in [-0.3, -0.25) is 4.79 Å². The van der Waals surface area contributed by atoms with Crippen molar-refractivity contribution < 1.29 is 9.53 Å². The number of amides is 1. The average molecular weight is 256 g/mol. The molecule has 0 radical (unpaired) electrons. The molecule has 0 aliphatic carbocycles. The maximum absolute atomic E-state index is 12.1. The summed E-state index contributed by atoms with van der Waals surface area (Å²) in [5.41, 5.74) is 0.842. The predicted octanol–water partition coefficient (Wildman–Crippen LogP) is 2.68. The third-order valence-corrected chi connectivity index (χ3v) is 2.65. The van der Waals surface area contributed by atoms with E-state index in [4.69, 9.17) is 16.3 Å². The molecular weight excluding hydrogens is 238 g/mol. The molecule has 0 saturated carbocycles. The van der Waals surface area contributed by atoms with E-state index in [-0.39, 0.29) is 11.9 Å². The summed E-state index contributed by atoms with van der Waals surface area (Å²) in [7, 11) is 1.62. The van der Waals surface area contributed by atoms with Crippen molar-refractivity contribution in [1.29, 1.82) is 0 Å². The van der Waals surface area contributed by atoms with Gasteiger partial charge >= 0.3 is 0 Å². The summed E-state index contributed by atoms with van der Waals surface area (Å²) >= 11 is 5.89. The Morgan fingerprint density at radius 1 is 1.35 bits per heavy atom. The molecule has 94 valence electrons. The van der Waals surface area contributed by atoms with Crippen molar-refractivity contribution >= 4 is 23.2 Å². The van der Waals surface area contributed by atoms with E-state index in [1.54, 1.807) is 18.9 Å². The molecule has 17 heavy (non-hydrogen) atoms. The van der Waals surface area contributed by atoms with Crippen LogP contribution in [0.3, 0.4) is 0 Å². The number of anilines is 1. The first-order valence-electron chi connectivity index (χ1n) is 5.59. The monoisotopic (exact) mass is 255 g/mol. The maximum Gasteiger partial charge on any atom is 0.245 e. The lowest BCUT2D eigenvalue weighted by atomic mass is 10.2. The van der Waals surface area contributed by atoms with E-state index in [2.05, 4.69) is 0 Å². The molecule has 0 aromatic heterocycles. The van der Waals surface area contributed by atoms with E-state index in [1.165, 1.54) is 0 Å². The number of benzene rings is 1. The van der Waals surface area contributed by atoms with Crippen LogP contribution in [0.4, 0.5) is 5.69 Å². The largest absolute Gasteiger partial charge is 0.383 e. The third-order valence-electron chi connectivity index (χ3n) is 2.46. The molecule has 0 saturated heterocycles. The number of hydrogen-bond acceptors (Lipinski definition) is 2. The van der Waals surface area contributed by atoms with Crippen molar-refractivity contribution in [3.8, 4) is 0 Å². The molecule has 4 heteroatoms. The predicted molar refractivity (Wildman–Crippen MR) is 70.6 cm³/mol. The highest BCUT2D eigenvalue weighted by molar-refractivity contribution is 6.32. The number of para-hydroxylation sites is 1. The molecule has 1 aromatic rings. The quantitative estimate of drug-likeness (QED) is 0.757. The zero-order chi connectivity index (χ0) is 12.8. The van der Waals surface area contributed by atoms with Gasteiger partial charge in [-0.15, -0.1) is 11.6 Å². The van der Waals surface area contributed by atoms with Gasteiger partial charge in [0.2, 0.25) is 5.91 Å². The molecule has 0 fully saturated rings. The molecule has 0 heterocycles. The molecule has 2 unspecified atom stereocenters. The highest BCUT2D eigenvalue weighted by Gasteiger charge is 2.24. The maximum atomic E-state index is 12.1. The van der Waals surface area contributed by atoms with Crippen molar-refractivity contribution in [2.45, 2.75) is 25.3 Å². The topological polar surface area (TPSA) is 29.5 Å². The number of methoxy groups -OCH3 is 1. The summed E-state index contributed by atoms with van der Waals surface area (Å²) in [5, 5.41) is -0.547. The highest BCUT2D eigenvalue weighted by Crippen LogP contribution is 2.19. The second-order valence-corrected chi connectivity index (χ2v) is 4.62. The molecule has 0 aliphatic heterocycles. The number of hydrogen-bond donors (Lipinski definition) is 0. The summed E-state index contributed by atoms with van der Waals surface area (Å²) in [6.07, 6.45) is 0. The number of alkyl halides is 1. The minimum Gasteiger partial charge on any atom is -0.383 e. The van der Waals surface area contributed by atoms with E-state index in [1.807, 2.05) is 37.3 Å². The zero-order valence-electron chi connectivity index (χ0n) is 10.4. The fourth-order valence-electron chi connectivity index (χ4n) is 1.69. The van der Waals surface area contributed by atoms with Crippen LogP contribution in [-0.4, -0.2) is 31.0 Å². The molecule has 1 aromatic carbocycles. The van der Waals surface area contributed by atoms with E-state index >= 15 is 0 Å². The Morgan fingerprint density at radius 2 is 1.94 bits per heavy atom. The lowest BCUT2D eigenvalue weighted by Gasteiger charge is -2.29. The van der Waals surface area contributed by atoms with Crippen molar-refractivity contribution in [2.75, 3.05) is 18.6 Å². The van der Waals surface area contributed by atoms with Crippen LogP contribution in [0.25, 0.3) is 0 Å². The van der Waals surface area contributed by atoms with Gasteiger partial charge in [-0.05, 0) is 26.0 Å². The van der Waals surface area contributed by atoms with Crippen LogP contribution in [0.5, 0.6) is 0 Å². The van der Waals surface area contributed by atoms with Crippen LogP contribution in [0.1, 0.15) is 13.8 Å². The Bertz CT molecular complexity index is 354.